The zero-order valence-corrected chi connectivity index (χ0v) is 11.7. The predicted octanol–water partition coefficient (Wildman–Crippen LogP) is 3.52. The van der Waals surface area contributed by atoms with Crippen molar-refractivity contribution in [1.29, 1.82) is 0 Å². The van der Waals surface area contributed by atoms with Crippen molar-refractivity contribution in [2.45, 2.75) is 19.9 Å². The molecule has 0 saturated heterocycles. The Labute approximate surface area is 115 Å². The maximum Gasteiger partial charge on any atom is 0.0473 e. The average molecular weight is 254 g/mol. The topological polar surface area (TPSA) is 29.3 Å². The second-order valence-electron chi connectivity index (χ2n) is 4.89. The van der Waals surface area contributed by atoms with E-state index >= 15 is 0 Å². The summed E-state index contributed by atoms with van der Waals surface area (Å²) in [5.74, 6) is 0. The third kappa shape index (κ3) is 3.58. The number of nitrogens with zero attached hydrogens (tertiary/aromatic N) is 1. The Hall–Kier alpha value is -1.80. The van der Waals surface area contributed by atoms with Crippen LogP contribution in [-0.2, 0) is 0 Å². The molecular weight excluding hydrogens is 232 g/mol. The van der Waals surface area contributed by atoms with Gasteiger partial charge in [0.1, 0.15) is 0 Å². The van der Waals surface area contributed by atoms with Crippen LogP contribution in [0, 0.1) is 6.92 Å². The summed E-state index contributed by atoms with van der Waals surface area (Å²) >= 11 is 0. The molecule has 19 heavy (non-hydrogen) atoms. The molecule has 0 saturated carbocycles. The van der Waals surface area contributed by atoms with E-state index in [0.29, 0.717) is 0 Å². The number of anilines is 1. The van der Waals surface area contributed by atoms with Crippen LogP contribution in [0.15, 0.2) is 54.6 Å². The van der Waals surface area contributed by atoms with Crippen molar-refractivity contribution in [1.82, 2.24) is 0 Å². The summed E-state index contributed by atoms with van der Waals surface area (Å²) in [5.41, 5.74) is 10.0. The molecule has 0 radical (unpaired) electrons. The third-order valence-electron chi connectivity index (χ3n) is 3.39. The van der Waals surface area contributed by atoms with Gasteiger partial charge in [-0.25, -0.2) is 0 Å². The van der Waals surface area contributed by atoms with Gasteiger partial charge in [0.2, 0.25) is 0 Å². The minimum absolute atomic E-state index is 0.0432. The molecular formula is C17H22N2. The maximum atomic E-state index is 6.31. The van der Waals surface area contributed by atoms with Crippen LogP contribution in [-0.4, -0.2) is 13.1 Å². The molecule has 0 unspecified atom stereocenters. The Balaban J connectivity index is 2.11. The van der Waals surface area contributed by atoms with E-state index in [9.17, 15) is 0 Å². The molecule has 0 heterocycles. The van der Waals surface area contributed by atoms with Crippen LogP contribution in [0.2, 0.25) is 0 Å². The predicted molar refractivity (Wildman–Crippen MR) is 82.4 cm³/mol. The van der Waals surface area contributed by atoms with E-state index in [2.05, 4.69) is 55.1 Å². The van der Waals surface area contributed by atoms with Crippen molar-refractivity contribution < 1.29 is 0 Å². The minimum atomic E-state index is 0.0432. The molecule has 100 valence electrons. The molecule has 0 aliphatic heterocycles. The van der Waals surface area contributed by atoms with Gasteiger partial charge in [-0.3, -0.25) is 0 Å². The highest BCUT2D eigenvalue weighted by atomic mass is 15.1. The van der Waals surface area contributed by atoms with Crippen molar-refractivity contribution in [2.24, 2.45) is 5.73 Å². The van der Waals surface area contributed by atoms with Crippen LogP contribution in [0.25, 0.3) is 0 Å². The molecule has 2 aromatic carbocycles. The van der Waals surface area contributed by atoms with Gasteiger partial charge >= 0.3 is 0 Å². The van der Waals surface area contributed by atoms with Crippen LogP contribution in [0.3, 0.4) is 0 Å². The van der Waals surface area contributed by atoms with Crippen molar-refractivity contribution in [3.05, 3.63) is 65.7 Å². The van der Waals surface area contributed by atoms with Gasteiger partial charge in [0.25, 0.3) is 0 Å². The van der Waals surface area contributed by atoms with Crippen LogP contribution >= 0.6 is 0 Å². The van der Waals surface area contributed by atoms with E-state index in [0.717, 1.165) is 13.1 Å². The molecule has 2 rings (SSSR count). The van der Waals surface area contributed by atoms with E-state index in [1.54, 1.807) is 0 Å². The molecule has 0 bridgehead atoms. The molecule has 0 amide bonds. The minimum Gasteiger partial charge on any atom is -0.370 e. The third-order valence-corrected chi connectivity index (χ3v) is 3.39. The van der Waals surface area contributed by atoms with Crippen molar-refractivity contribution >= 4 is 5.69 Å². The highest BCUT2D eigenvalue weighted by Crippen LogP contribution is 2.19. The molecule has 1 atom stereocenters. The first kappa shape index (κ1) is 13.6. The second-order valence-corrected chi connectivity index (χ2v) is 4.89. The standard InChI is InChI=1S/C17H22N2/c1-3-19(16-11-7-8-14(2)12-16)13-17(18)15-9-5-4-6-10-15/h4-12,17H,3,13,18H2,1-2H3/t17-/m1/s1. The van der Waals surface area contributed by atoms with Gasteiger partial charge in [-0.1, -0.05) is 42.5 Å². The lowest BCUT2D eigenvalue weighted by atomic mass is 10.1. The Morgan fingerprint density at radius 1 is 1.05 bits per heavy atom. The fourth-order valence-electron chi connectivity index (χ4n) is 2.28. The van der Waals surface area contributed by atoms with Gasteiger partial charge in [-0.2, -0.15) is 0 Å². The summed E-state index contributed by atoms with van der Waals surface area (Å²) in [6.45, 7) is 6.09. The van der Waals surface area contributed by atoms with Gasteiger partial charge in [-0.05, 0) is 37.1 Å². The Kier molecular flexibility index (Phi) is 4.58. The van der Waals surface area contributed by atoms with Crippen LogP contribution in [0.1, 0.15) is 24.1 Å². The SMILES string of the molecule is CCN(C[C@@H](N)c1ccccc1)c1cccc(C)c1. The quantitative estimate of drug-likeness (QED) is 0.884. The monoisotopic (exact) mass is 254 g/mol. The maximum absolute atomic E-state index is 6.31. The van der Waals surface area contributed by atoms with E-state index in [1.165, 1.54) is 16.8 Å². The lowest BCUT2D eigenvalue weighted by molar-refractivity contribution is 0.677. The van der Waals surface area contributed by atoms with Gasteiger partial charge < -0.3 is 10.6 Å². The Morgan fingerprint density at radius 2 is 1.79 bits per heavy atom. The number of hydrogen-bond acceptors (Lipinski definition) is 2. The number of nitrogens with two attached hydrogens (primary N) is 1. The van der Waals surface area contributed by atoms with E-state index in [4.69, 9.17) is 5.73 Å². The Bertz CT molecular complexity index is 508. The highest BCUT2D eigenvalue weighted by molar-refractivity contribution is 5.48. The molecule has 0 fully saturated rings. The molecule has 0 spiro atoms. The average Bonchev–Trinajstić information content (AvgIpc) is 2.45. The highest BCUT2D eigenvalue weighted by Gasteiger charge is 2.11. The van der Waals surface area contributed by atoms with Gasteiger partial charge in [0.05, 0.1) is 0 Å². The number of aryl methyl sites for hydroxylation is 1. The fraction of sp³-hybridized carbons (Fsp3) is 0.294. The number of hydrogen-bond donors (Lipinski definition) is 1. The zero-order chi connectivity index (χ0) is 13.7. The molecule has 2 heteroatoms. The number of rotatable bonds is 5. The fourth-order valence-corrected chi connectivity index (χ4v) is 2.28. The largest absolute Gasteiger partial charge is 0.370 e. The summed E-state index contributed by atoms with van der Waals surface area (Å²) in [6, 6.07) is 18.9. The van der Waals surface area contributed by atoms with E-state index in [1.807, 2.05) is 18.2 Å². The van der Waals surface area contributed by atoms with E-state index in [-0.39, 0.29) is 6.04 Å². The Morgan fingerprint density at radius 3 is 2.42 bits per heavy atom. The molecule has 0 aliphatic rings. The van der Waals surface area contributed by atoms with Gasteiger partial charge in [0, 0.05) is 24.8 Å². The van der Waals surface area contributed by atoms with Crippen molar-refractivity contribution in [3.8, 4) is 0 Å². The van der Waals surface area contributed by atoms with Gasteiger partial charge in [0.15, 0.2) is 0 Å². The smallest absolute Gasteiger partial charge is 0.0473 e. The lowest BCUT2D eigenvalue weighted by Gasteiger charge is -2.27. The zero-order valence-electron chi connectivity index (χ0n) is 11.7. The second kappa shape index (κ2) is 6.39. The number of benzene rings is 2. The summed E-state index contributed by atoms with van der Waals surface area (Å²) in [6.07, 6.45) is 0. The summed E-state index contributed by atoms with van der Waals surface area (Å²) in [7, 11) is 0. The number of likely N-dealkylation sites (N-methyl/N-ethyl adjacent to an activating group) is 1. The normalized spacial score (nSPS) is 12.2. The lowest BCUT2D eigenvalue weighted by Crippen LogP contribution is -2.32. The van der Waals surface area contributed by atoms with Gasteiger partial charge in [-0.15, -0.1) is 0 Å². The van der Waals surface area contributed by atoms with Crippen molar-refractivity contribution in [2.75, 3.05) is 18.0 Å². The van der Waals surface area contributed by atoms with Crippen LogP contribution in [0.4, 0.5) is 5.69 Å². The molecule has 2 nitrogen and oxygen atoms in total. The summed E-state index contributed by atoms with van der Waals surface area (Å²) in [4.78, 5) is 2.32. The first-order valence-electron chi connectivity index (χ1n) is 6.83. The first-order valence-corrected chi connectivity index (χ1v) is 6.83. The summed E-state index contributed by atoms with van der Waals surface area (Å²) in [5, 5.41) is 0. The molecule has 2 aromatic rings. The molecule has 0 aromatic heterocycles. The summed E-state index contributed by atoms with van der Waals surface area (Å²) < 4.78 is 0. The molecule has 2 N–H and O–H groups in total. The van der Waals surface area contributed by atoms with Crippen molar-refractivity contribution in [3.63, 3.8) is 0 Å². The first-order chi connectivity index (χ1) is 9.20. The van der Waals surface area contributed by atoms with Crippen LogP contribution in [0.5, 0.6) is 0 Å². The molecule has 0 aliphatic carbocycles. The van der Waals surface area contributed by atoms with E-state index < -0.39 is 0 Å². The van der Waals surface area contributed by atoms with Crippen LogP contribution < -0.4 is 10.6 Å².